The van der Waals surface area contributed by atoms with Crippen LogP contribution in [-0.2, 0) is 13.0 Å². The molecule has 1 fully saturated rings. The van der Waals surface area contributed by atoms with Crippen LogP contribution in [0.2, 0.25) is 0 Å². The number of nitrogen functional groups attached to an aromatic ring is 1. The van der Waals surface area contributed by atoms with Crippen molar-refractivity contribution in [2.24, 2.45) is 17.6 Å². The average molecular weight is 399 g/mol. The van der Waals surface area contributed by atoms with Crippen molar-refractivity contribution in [2.45, 2.75) is 52.5 Å². The summed E-state index contributed by atoms with van der Waals surface area (Å²) in [7, 11) is 0. The lowest BCUT2D eigenvalue weighted by Crippen LogP contribution is -2.23. The average Bonchev–Trinajstić information content (AvgIpc) is 2.67. The highest BCUT2D eigenvalue weighted by atomic mass is 16.6. The van der Waals surface area contributed by atoms with Gasteiger partial charge in [-0.2, -0.15) is 4.98 Å². The molecular formula is C21H30N6O2. The van der Waals surface area contributed by atoms with Gasteiger partial charge in [-0.15, -0.1) is 0 Å². The van der Waals surface area contributed by atoms with Gasteiger partial charge in [-0.1, -0.05) is 23.8 Å². The molecule has 156 valence electrons. The van der Waals surface area contributed by atoms with Gasteiger partial charge in [0.2, 0.25) is 11.8 Å². The number of hydrogen-bond donors (Lipinski definition) is 3. The van der Waals surface area contributed by atoms with Crippen LogP contribution in [0.4, 0.5) is 17.5 Å². The first kappa shape index (κ1) is 21.0. The second-order valence-corrected chi connectivity index (χ2v) is 8.09. The summed E-state index contributed by atoms with van der Waals surface area (Å²) < 4.78 is 0. The normalized spacial score (nSPS) is 19.1. The first-order valence-electron chi connectivity index (χ1n) is 10.2. The third kappa shape index (κ3) is 5.20. The van der Waals surface area contributed by atoms with Crippen LogP contribution < -0.4 is 16.8 Å². The van der Waals surface area contributed by atoms with E-state index in [2.05, 4.69) is 47.3 Å². The fourth-order valence-corrected chi connectivity index (χ4v) is 4.10. The number of aromatic nitrogens is 2. The number of benzene rings is 1. The Balaban J connectivity index is 1.77. The van der Waals surface area contributed by atoms with E-state index in [0.717, 1.165) is 31.2 Å². The molecule has 8 heteroatoms. The minimum atomic E-state index is -0.468. The lowest BCUT2D eigenvalue weighted by Gasteiger charge is -2.27. The molecule has 2 aromatic rings. The van der Waals surface area contributed by atoms with E-state index in [4.69, 9.17) is 11.5 Å². The predicted molar refractivity (Wildman–Crippen MR) is 115 cm³/mol. The van der Waals surface area contributed by atoms with E-state index < -0.39 is 4.92 Å². The Kier molecular flexibility index (Phi) is 6.64. The SMILES string of the molecule is Cc1ccc(CNc2nc(N)c([N+](=O)[O-])c(CC3CCC(CN)CC3)n2)c(C)c1. The van der Waals surface area contributed by atoms with Crippen molar-refractivity contribution in [3.8, 4) is 0 Å². The Morgan fingerprint density at radius 3 is 2.48 bits per heavy atom. The van der Waals surface area contributed by atoms with Gasteiger partial charge < -0.3 is 16.8 Å². The number of hydrogen-bond acceptors (Lipinski definition) is 7. The van der Waals surface area contributed by atoms with E-state index in [1.165, 1.54) is 11.1 Å². The number of anilines is 2. The Bertz CT molecular complexity index is 878. The summed E-state index contributed by atoms with van der Waals surface area (Å²) in [5.41, 5.74) is 15.5. The van der Waals surface area contributed by atoms with Crippen LogP contribution >= 0.6 is 0 Å². The minimum absolute atomic E-state index is 0.0845. The third-order valence-corrected chi connectivity index (χ3v) is 5.88. The number of nitrogens with two attached hydrogens (primary N) is 2. The van der Waals surface area contributed by atoms with E-state index in [0.29, 0.717) is 43.0 Å². The number of nitro groups is 1. The molecule has 1 saturated carbocycles. The Hall–Kier alpha value is -2.74. The van der Waals surface area contributed by atoms with E-state index >= 15 is 0 Å². The van der Waals surface area contributed by atoms with Crippen LogP contribution in [0.3, 0.4) is 0 Å². The maximum absolute atomic E-state index is 11.6. The molecule has 0 radical (unpaired) electrons. The molecule has 0 saturated heterocycles. The number of aryl methyl sites for hydroxylation is 2. The molecule has 29 heavy (non-hydrogen) atoms. The van der Waals surface area contributed by atoms with E-state index in [1.807, 2.05) is 0 Å². The molecule has 1 aliphatic rings. The zero-order valence-electron chi connectivity index (χ0n) is 17.1. The molecule has 8 nitrogen and oxygen atoms in total. The van der Waals surface area contributed by atoms with Crippen molar-refractivity contribution in [2.75, 3.05) is 17.6 Å². The zero-order chi connectivity index (χ0) is 21.0. The predicted octanol–water partition coefficient (Wildman–Crippen LogP) is 3.50. The molecule has 1 aliphatic carbocycles. The third-order valence-electron chi connectivity index (χ3n) is 5.88. The van der Waals surface area contributed by atoms with Crippen molar-refractivity contribution in [1.82, 2.24) is 9.97 Å². The fourth-order valence-electron chi connectivity index (χ4n) is 4.10. The van der Waals surface area contributed by atoms with Gasteiger partial charge in [0.05, 0.1) is 4.92 Å². The van der Waals surface area contributed by atoms with Crippen LogP contribution in [0.15, 0.2) is 18.2 Å². The Morgan fingerprint density at radius 1 is 1.17 bits per heavy atom. The molecule has 0 atom stereocenters. The zero-order valence-corrected chi connectivity index (χ0v) is 17.1. The number of rotatable bonds is 7. The summed E-state index contributed by atoms with van der Waals surface area (Å²) in [4.78, 5) is 19.7. The molecule has 0 amide bonds. The lowest BCUT2D eigenvalue weighted by molar-refractivity contribution is -0.385. The summed E-state index contributed by atoms with van der Waals surface area (Å²) in [5, 5.41) is 14.7. The summed E-state index contributed by atoms with van der Waals surface area (Å²) >= 11 is 0. The fraction of sp³-hybridized carbons (Fsp3) is 0.524. The van der Waals surface area contributed by atoms with Crippen molar-refractivity contribution in [3.63, 3.8) is 0 Å². The molecule has 0 bridgehead atoms. The van der Waals surface area contributed by atoms with Crippen LogP contribution in [0.25, 0.3) is 0 Å². The molecule has 3 rings (SSSR count). The summed E-state index contributed by atoms with van der Waals surface area (Å²) in [6.45, 7) is 5.35. The standard InChI is InChI=1S/C21H30N6O2/c1-13-3-8-17(14(2)9-13)12-24-21-25-18(19(27(28)29)20(23)26-21)10-15-4-6-16(11-22)7-5-15/h3,8-9,15-16H,4-7,10-12,22H2,1-2H3,(H3,23,24,25,26). The Morgan fingerprint density at radius 2 is 1.86 bits per heavy atom. The molecule has 0 aliphatic heterocycles. The smallest absolute Gasteiger partial charge is 0.332 e. The maximum atomic E-state index is 11.6. The van der Waals surface area contributed by atoms with E-state index in [9.17, 15) is 10.1 Å². The number of nitrogens with one attached hydrogen (secondary N) is 1. The topological polar surface area (TPSA) is 133 Å². The van der Waals surface area contributed by atoms with Crippen LogP contribution in [-0.4, -0.2) is 21.4 Å². The molecule has 0 unspecified atom stereocenters. The lowest BCUT2D eigenvalue weighted by atomic mass is 9.80. The summed E-state index contributed by atoms with van der Waals surface area (Å²) in [5.74, 6) is 1.17. The Labute approximate surface area is 171 Å². The monoisotopic (exact) mass is 398 g/mol. The highest BCUT2D eigenvalue weighted by Crippen LogP contribution is 2.34. The largest absolute Gasteiger partial charge is 0.378 e. The maximum Gasteiger partial charge on any atom is 0.332 e. The highest BCUT2D eigenvalue weighted by Gasteiger charge is 2.27. The second kappa shape index (κ2) is 9.17. The van der Waals surface area contributed by atoms with Crippen molar-refractivity contribution < 1.29 is 4.92 Å². The molecular weight excluding hydrogens is 368 g/mol. The van der Waals surface area contributed by atoms with Gasteiger partial charge in [-0.25, -0.2) is 4.98 Å². The van der Waals surface area contributed by atoms with E-state index in [-0.39, 0.29) is 11.5 Å². The van der Waals surface area contributed by atoms with Crippen LogP contribution in [0.5, 0.6) is 0 Å². The quantitative estimate of drug-likeness (QED) is 0.480. The van der Waals surface area contributed by atoms with Gasteiger partial charge in [0.25, 0.3) is 0 Å². The van der Waals surface area contributed by atoms with Gasteiger partial charge in [-0.3, -0.25) is 10.1 Å². The first-order chi connectivity index (χ1) is 13.9. The van der Waals surface area contributed by atoms with Crippen LogP contribution in [0.1, 0.15) is 48.1 Å². The second-order valence-electron chi connectivity index (χ2n) is 8.09. The first-order valence-corrected chi connectivity index (χ1v) is 10.2. The highest BCUT2D eigenvalue weighted by molar-refractivity contribution is 5.58. The van der Waals surface area contributed by atoms with E-state index in [1.54, 1.807) is 0 Å². The van der Waals surface area contributed by atoms with Gasteiger partial charge in [0, 0.05) is 6.54 Å². The molecule has 5 N–H and O–H groups in total. The molecule has 1 aromatic heterocycles. The van der Waals surface area contributed by atoms with Crippen molar-refractivity contribution in [3.05, 3.63) is 50.7 Å². The van der Waals surface area contributed by atoms with Gasteiger partial charge in [-0.05, 0) is 75.5 Å². The molecule has 1 aromatic carbocycles. The molecule has 1 heterocycles. The van der Waals surface area contributed by atoms with Crippen LogP contribution in [0, 0.1) is 35.8 Å². The van der Waals surface area contributed by atoms with Gasteiger partial charge in [0.15, 0.2) is 0 Å². The minimum Gasteiger partial charge on any atom is -0.378 e. The van der Waals surface area contributed by atoms with Crippen molar-refractivity contribution in [1.29, 1.82) is 0 Å². The van der Waals surface area contributed by atoms with Crippen molar-refractivity contribution >= 4 is 17.5 Å². The summed E-state index contributed by atoms with van der Waals surface area (Å²) in [6.07, 6.45) is 4.68. The van der Waals surface area contributed by atoms with Gasteiger partial charge >= 0.3 is 5.69 Å². The molecule has 0 spiro atoms. The number of nitrogens with zero attached hydrogens (tertiary/aromatic N) is 3. The summed E-state index contributed by atoms with van der Waals surface area (Å²) in [6, 6.07) is 6.23. The van der Waals surface area contributed by atoms with Gasteiger partial charge in [0.1, 0.15) is 5.69 Å².